The molecule has 7 nitrogen and oxygen atoms in total. The fourth-order valence-electron chi connectivity index (χ4n) is 3.96. The molecule has 0 spiro atoms. The molecule has 1 aliphatic carbocycles. The summed E-state index contributed by atoms with van der Waals surface area (Å²) < 4.78 is 31.9. The predicted molar refractivity (Wildman–Crippen MR) is 105 cm³/mol. The molecule has 1 saturated carbocycles. The second-order valence-corrected chi connectivity index (χ2v) is 9.92. The number of nitrogens with zero attached hydrogens (tertiary/aromatic N) is 1. The molecule has 0 bridgehead atoms. The highest BCUT2D eigenvalue weighted by Crippen LogP contribution is 2.37. The van der Waals surface area contributed by atoms with Crippen molar-refractivity contribution >= 4 is 15.9 Å². The summed E-state index contributed by atoms with van der Waals surface area (Å²) in [5, 5.41) is 12.6. The van der Waals surface area contributed by atoms with Gasteiger partial charge in [0.25, 0.3) is 0 Å². The molecule has 1 aromatic carbocycles. The van der Waals surface area contributed by atoms with Crippen LogP contribution in [-0.4, -0.2) is 62.7 Å². The van der Waals surface area contributed by atoms with E-state index in [1.165, 1.54) is 4.31 Å². The molecule has 28 heavy (non-hydrogen) atoms. The number of aliphatic hydroxyl groups is 1. The number of carbonyl (C=O) groups is 1. The minimum absolute atomic E-state index is 0.0195. The topological polar surface area (TPSA) is 95.9 Å². The molecule has 2 N–H and O–H groups in total. The standard InChI is InChI=1S/C20H30N2O5S/c1-20(15-23)10-2-3-18(20)21-19(24)9-6-16-4-7-17(8-5-16)28(25,26)22-11-13-27-14-12-22/h4-5,7-8,18,23H,2-3,6,9-15H2,1H3,(H,21,24)/t18-,20-/m1/s1. The molecule has 156 valence electrons. The van der Waals surface area contributed by atoms with Crippen LogP contribution in [0.2, 0.25) is 0 Å². The predicted octanol–water partition coefficient (Wildman–Crippen LogP) is 1.31. The number of rotatable bonds is 7. The monoisotopic (exact) mass is 410 g/mol. The highest BCUT2D eigenvalue weighted by Gasteiger charge is 2.38. The molecule has 8 heteroatoms. The number of morpholine rings is 1. The van der Waals surface area contributed by atoms with Crippen molar-refractivity contribution in [2.45, 2.75) is 50.0 Å². The van der Waals surface area contributed by atoms with Crippen molar-refractivity contribution in [1.82, 2.24) is 9.62 Å². The Kier molecular flexibility index (Phi) is 6.75. The van der Waals surface area contributed by atoms with Crippen molar-refractivity contribution < 1.29 is 23.1 Å². The summed E-state index contributed by atoms with van der Waals surface area (Å²) >= 11 is 0. The van der Waals surface area contributed by atoms with Gasteiger partial charge in [0.05, 0.1) is 24.7 Å². The average molecular weight is 411 g/mol. The molecule has 2 fully saturated rings. The van der Waals surface area contributed by atoms with Crippen LogP contribution in [0.3, 0.4) is 0 Å². The number of aliphatic hydroxyl groups excluding tert-OH is 1. The Bertz CT molecular complexity index is 774. The fourth-order valence-corrected chi connectivity index (χ4v) is 5.36. The minimum Gasteiger partial charge on any atom is -0.396 e. The summed E-state index contributed by atoms with van der Waals surface area (Å²) in [4.78, 5) is 12.6. The first-order valence-electron chi connectivity index (χ1n) is 9.92. The lowest BCUT2D eigenvalue weighted by Gasteiger charge is -2.30. The number of carbonyl (C=O) groups excluding carboxylic acids is 1. The van der Waals surface area contributed by atoms with E-state index < -0.39 is 10.0 Å². The van der Waals surface area contributed by atoms with Gasteiger partial charge >= 0.3 is 0 Å². The maximum absolute atomic E-state index is 12.6. The Hall–Kier alpha value is -1.48. The van der Waals surface area contributed by atoms with Crippen LogP contribution in [0.5, 0.6) is 0 Å². The first-order chi connectivity index (χ1) is 13.3. The van der Waals surface area contributed by atoms with Gasteiger partial charge in [-0.25, -0.2) is 8.42 Å². The number of amides is 1. The molecule has 2 aliphatic rings. The van der Waals surface area contributed by atoms with E-state index in [9.17, 15) is 18.3 Å². The summed E-state index contributed by atoms with van der Waals surface area (Å²) in [7, 11) is -3.49. The minimum atomic E-state index is -3.49. The Morgan fingerprint density at radius 3 is 2.61 bits per heavy atom. The quantitative estimate of drug-likeness (QED) is 0.707. The molecule has 2 atom stereocenters. The van der Waals surface area contributed by atoms with Gasteiger partial charge in [-0.3, -0.25) is 4.79 Å². The Morgan fingerprint density at radius 2 is 1.96 bits per heavy atom. The van der Waals surface area contributed by atoms with Gasteiger partial charge in [-0.1, -0.05) is 25.5 Å². The van der Waals surface area contributed by atoms with Crippen molar-refractivity contribution in [3.63, 3.8) is 0 Å². The summed E-state index contributed by atoms with van der Waals surface area (Å²) in [5.74, 6) is -0.0309. The van der Waals surface area contributed by atoms with E-state index in [0.717, 1.165) is 24.8 Å². The maximum atomic E-state index is 12.6. The third kappa shape index (κ3) is 4.74. The van der Waals surface area contributed by atoms with Crippen molar-refractivity contribution in [1.29, 1.82) is 0 Å². The Balaban J connectivity index is 1.54. The first kappa shape index (κ1) is 21.2. The molecule has 3 rings (SSSR count). The van der Waals surface area contributed by atoms with Crippen LogP contribution < -0.4 is 5.32 Å². The lowest BCUT2D eigenvalue weighted by molar-refractivity contribution is -0.122. The highest BCUT2D eigenvalue weighted by molar-refractivity contribution is 7.89. The zero-order valence-electron chi connectivity index (χ0n) is 16.4. The third-order valence-corrected chi connectivity index (χ3v) is 7.86. The van der Waals surface area contributed by atoms with Crippen LogP contribution >= 0.6 is 0 Å². The second kappa shape index (κ2) is 8.90. The van der Waals surface area contributed by atoms with Crippen LogP contribution in [0, 0.1) is 5.41 Å². The zero-order chi connectivity index (χ0) is 20.2. The van der Waals surface area contributed by atoms with Crippen LogP contribution in [0.15, 0.2) is 29.2 Å². The van der Waals surface area contributed by atoms with Crippen LogP contribution in [-0.2, 0) is 26.0 Å². The molecule has 1 saturated heterocycles. The van der Waals surface area contributed by atoms with Crippen molar-refractivity contribution in [2.24, 2.45) is 5.41 Å². The van der Waals surface area contributed by atoms with Gasteiger partial charge in [0.2, 0.25) is 15.9 Å². The van der Waals surface area contributed by atoms with E-state index in [1.807, 2.05) is 6.92 Å². The van der Waals surface area contributed by atoms with Gasteiger partial charge in [-0.05, 0) is 37.0 Å². The van der Waals surface area contributed by atoms with Crippen molar-refractivity contribution in [3.8, 4) is 0 Å². The van der Waals surface area contributed by atoms with Crippen LogP contribution in [0.4, 0.5) is 0 Å². The average Bonchev–Trinajstić information content (AvgIpc) is 3.08. The van der Waals surface area contributed by atoms with Gasteiger partial charge in [0, 0.05) is 31.0 Å². The van der Waals surface area contributed by atoms with E-state index in [1.54, 1.807) is 24.3 Å². The zero-order valence-corrected chi connectivity index (χ0v) is 17.2. The van der Waals surface area contributed by atoms with E-state index in [-0.39, 0.29) is 28.9 Å². The van der Waals surface area contributed by atoms with Crippen molar-refractivity contribution in [2.75, 3.05) is 32.9 Å². The van der Waals surface area contributed by atoms with E-state index >= 15 is 0 Å². The molecule has 0 unspecified atom stereocenters. The summed E-state index contributed by atoms with van der Waals surface area (Å²) in [6.45, 7) is 3.68. The highest BCUT2D eigenvalue weighted by atomic mass is 32.2. The number of hydrogen-bond donors (Lipinski definition) is 2. The molecule has 0 aromatic heterocycles. The SMILES string of the molecule is C[C@]1(CO)CCC[C@H]1NC(=O)CCc1ccc(S(=O)(=O)N2CCOCC2)cc1. The molecule has 1 aliphatic heterocycles. The second-order valence-electron chi connectivity index (χ2n) is 7.98. The van der Waals surface area contributed by atoms with Gasteiger partial charge < -0.3 is 15.2 Å². The van der Waals surface area contributed by atoms with E-state index in [4.69, 9.17) is 4.74 Å². The third-order valence-electron chi connectivity index (χ3n) is 5.95. The van der Waals surface area contributed by atoms with E-state index in [2.05, 4.69) is 5.32 Å². The van der Waals surface area contributed by atoms with Crippen molar-refractivity contribution in [3.05, 3.63) is 29.8 Å². The van der Waals surface area contributed by atoms with Gasteiger partial charge in [-0.15, -0.1) is 0 Å². The van der Waals surface area contributed by atoms with Gasteiger partial charge in [0.1, 0.15) is 0 Å². The summed E-state index contributed by atoms with van der Waals surface area (Å²) in [6.07, 6.45) is 3.73. The first-order valence-corrected chi connectivity index (χ1v) is 11.4. The summed E-state index contributed by atoms with van der Waals surface area (Å²) in [5.41, 5.74) is 0.693. The maximum Gasteiger partial charge on any atom is 0.243 e. The number of nitrogens with one attached hydrogen (secondary N) is 1. The number of aryl methyl sites for hydroxylation is 1. The Morgan fingerprint density at radius 1 is 1.29 bits per heavy atom. The molecule has 1 aromatic rings. The molecule has 1 amide bonds. The number of benzene rings is 1. The Labute approximate surface area is 167 Å². The lowest BCUT2D eigenvalue weighted by atomic mass is 9.85. The van der Waals surface area contributed by atoms with Crippen LogP contribution in [0.1, 0.15) is 38.2 Å². The number of sulfonamides is 1. The number of ether oxygens (including phenoxy) is 1. The molecular formula is C20H30N2O5S. The molecular weight excluding hydrogens is 380 g/mol. The fraction of sp³-hybridized carbons (Fsp3) is 0.650. The number of hydrogen-bond acceptors (Lipinski definition) is 5. The van der Waals surface area contributed by atoms with Gasteiger partial charge in [0.15, 0.2) is 0 Å². The smallest absolute Gasteiger partial charge is 0.243 e. The molecule has 1 heterocycles. The lowest BCUT2D eigenvalue weighted by Crippen LogP contribution is -2.44. The van der Waals surface area contributed by atoms with Crippen LogP contribution in [0.25, 0.3) is 0 Å². The molecule has 0 radical (unpaired) electrons. The largest absolute Gasteiger partial charge is 0.396 e. The van der Waals surface area contributed by atoms with Gasteiger partial charge in [-0.2, -0.15) is 4.31 Å². The summed E-state index contributed by atoms with van der Waals surface area (Å²) in [6, 6.07) is 6.78. The normalized spacial score (nSPS) is 26.3. The van der Waals surface area contributed by atoms with E-state index in [0.29, 0.717) is 39.1 Å².